The summed E-state index contributed by atoms with van der Waals surface area (Å²) in [6.07, 6.45) is 6.22. The summed E-state index contributed by atoms with van der Waals surface area (Å²) in [5.41, 5.74) is 0.836. The van der Waals surface area contributed by atoms with Crippen molar-refractivity contribution >= 4 is 11.8 Å². The fraction of sp³-hybridized carbons (Fsp3) is 0. The van der Waals surface area contributed by atoms with Gasteiger partial charge in [-0.1, -0.05) is 0 Å². The Bertz CT molecular complexity index is 316. The molecule has 0 bridgehead atoms. The lowest BCUT2D eigenvalue weighted by molar-refractivity contribution is -0.118. The van der Waals surface area contributed by atoms with Crippen LogP contribution in [0.2, 0.25) is 0 Å². The fourth-order valence-corrected chi connectivity index (χ4v) is 1.13. The van der Waals surface area contributed by atoms with Crippen molar-refractivity contribution < 1.29 is 9.59 Å². The number of amides is 2. The lowest BCUT2D eigenvalue weighted by Crippen LogP contribution is -2.18. The maximum atomic E-state index is 11.1. The van der Waals surface area contributed by atoms with Gasteiger partial charge >= 0.3 is 0 Å². The number of carbonyl (C=O) groups is 2. The molecular formula is C8H6N2O2. The predicted molar refractivity (Wildman–Crippen MR) is 41.6 cm³/mol. The van der Waals surface area contributed by atoms with Crippen molar-refractivity contribution in [1.29, 1.82) is 0 Å². The van der Waals surface area contributed by atoms with Gasteiger partial charge in [0.05, 0.1) is 11.1 Å². The summed E-state index contributed by atoms with van der Waals surface area (Å²) in [6.45, 7) is 0. The van der Waals surface area contributed by atoms with Crippen LogP contribution in [0.3, 0.4) is 0 Å². The van der Waals surface area contributed by atoms with E-state index in [4.69, 9.17) is 0 Å². The Hall–Kier alpha value is -1.84. The Kier molecular flexibility index (Phi) is 1.33. The lowest BCUT2D eigenvalue weighted by Gasteiger charge is -1.95. The van der Waals surface area contributed by atoms with Gasteiger partial charge in [0.15, 0.2) is 0 Å². The van der Waals surface area contributed by atoms with Crippen LogP contribution in [0.15, 0.2) is 35.7 Å². The van der Waals surface area contributed by atoms with E-state index in [9.17, 15) is 9.59 Å². The molecule has 2 N–H and O–H groups in total. The van der Waals surface area contributed by atoms with Crippen molar-refractivity contribution in [3.05, 3.63) is 35.7 Å². The third kappa shape index (κ3) is 0.852. The maximum absolute atomic E-state index is 11.1. The van der Waals surface area contributed by atoms with Crippen molar-refractivity contribution in [3.63, 3.8) is 0 Å². The molecule has 0 radical (unpaired) electrons. The second kappa shape index (κ2) is 2.34. The number of carbonyl (C=O) groups excluding carboxylic acids is 2. The average molecular weight is 162 g/mol. The molecule has 0 aromatic rings. The monoisotopic (exact) mass is 162 g/mol. The minimum atomic E-state index is -0.230. The molecular weight excluding hydrogens is 156 g/mol. The molecule has 12 heavy (non-hydrogen) atoms. The van der Waals surface area contributed by atoms with E-state index in [-0.39, 0.29) is 11.8 Å². The van der Waals surface area contributed by atoms with Gasteiger partial charge in [-0.05, 0) is 12.2 Å². The Balaban J connectivity index is 2.48. The number of nitrogens with one attached hydrogen (secondary N) is 2. The van der Waals surface area contributed by atoms with Crippen LogP contribution in [0, 0.1) is 0 Å². The molecule has 0 unspecified atom stereocenters. The van der Waals surface area contributed by atoms with Gasteiger partial charge in [0, 0.05) is 12.4 Å². The summed E-state index contributed by atoms with van der Waals surface area (Å²) in [4.78, 5) is 22.1. The minimum Gasteiger partial charge on any atom is -0.329 e. The van der Waals surface area contributed by atoms with E-state index >= 15 is 0 Å². The van der Waals surface area contributed by atoms with Gasteiger partial charge in [0.1, 0.15) is 0 Å². The SMILES string of the molecule is O=C1NC=CC1=C1C=CNC1=O. The highest BCUT2D eigenvalue weighted by Gasteiger charge is 2.21. The van der Waals surface area contributed by atoms with Gasteiger partial charge in [-0.15, -0.1) is 0 Å². The number of hydrogen-bond acceptors (Lipinski definition) is 2. The van der Waals surface area contributed by atoms with Crippen molar-refractivity contribution in [1.82, 2.24) is 10.6 Å². The zero-order valence-electron chi connectivity index (χ0n) is 6.13. The first-order chi connectivity index (χ1) is 5.79. The molecule has 2 rings (SSSR count). The normalized spacial score (nSPS) is 26.3. The van der Waals surface area contributed by atoms with E-state index in [1.807, 2.05) is 0 Å². The smallest absolute Gasteiger partial charge is 0.256 e. The average Bonchev–Trinajstić information content (AvgIpc) is 2.59. The molecule has 60 valence electrons. The molecule has 0 atom stereocenters. The third-order valence-corrected chi connectivity index (χ3v) is 1.71. The summed E-state index contributed by atoms with van der Waals surface area (Å²) in [7, 11) is 0. The second-order valence-corrected chi connectivity index (χ2v) is 2.44. The van der Waals surface area contributed by atoms with Crippen LogP contribution in [0.1, 0.15) is 0 Å². The second-order valence-electron chi connectivity index (χ2n) is 2.44. The molecule has 2 aliphatic heterocycles. The van der Waals surface area contributed by atoms with Gasteiger partial charge in [0.2, 0.25) is 0 Å². The van der Waals surface area contributed by atoms with Crippen molar-refractivity contribution in [2.75, 3.05) is 0 Å². The van der Waals surface area contributed by atoms with Crippen LogP contribution in [0.4, 0.5) is 0 Å². The highest BCUT2D eigenvalue weighted by Crippen LogP contribution is 2.14. The summed E-state index contributed by atoms with van der Waals surface area (Å²) in [5, 5.41) is 4.95. The number of hydrogen-bond donors (Lipinski definition) is 2. The van der Waals surface area contributed by atoms with E-state index in [1.54, 1.807) is 12.2 Å². The maximum Gasteiger partial charge on any atom is 0.256 e. The molecule has 0 fully saturated rings. The van der Waals surface area contributed by atoms with E-state index in [0.717, 1.165) is 0 Å². The van der Waals surface area contributed by atoms with E-state index in [2.05, 4.69) is 10.6 Å². The van der Waals surface area contributed by atoms with Crippen LogP contribution in [-0.2, 0) is 9.59 Å². The van der Waals surface area contributed by atoms with Crippen LogP contribution in [-0.4, -0.2) is 11.8 Å². The molecule has 4 nitrogen and oxygen atoms in total. The third-order valence-electron chi connectivity index (χ3n) is 1.71. The highest BCUT2D eigenvalue weighted by molar-refractivity contribution is 6.11. The zero-order chi connectivity index (χ0) is 8.55. The summed E-state index contributed by atoms with van der Waals surface area (Å²) in [5.74, 6) is -0.460. The van der Waals surface area contributed by atoms with Gasteiger partial charge in [-0.3, -0.25) is 9.59 Å². The zero-order valence-corrected chi connectivity index (χ0v) is 6.13. The Morgan fingerprint density at radius 3 is 1.50 bits per heavy atom. The highest BCUT2D eigenvalue weighted by atomic mass is 16.2. The van der Waals surface area contributed by atoms with Crippen LogP contribution in [0.25, 0.3) is 0 Å². The Morgan fingerprint density at radius 2 is 1.25 bits per heavy atom. The molecule has 0 saturated heterocycles. The molecule has 4 heteroatoms. The van der Waals surface area contributed by atoms with Crippen LogP contribution < -0.4 is 10.6 Å². The molecule has 0 spiro atoms. The van der Waals surface area contributed by atoms with Crippen molar-refractivity contribution in [3.8, 4) is 0 Å². The quantitative estimate of drug-likeness (QED) is 0.475. The molecule has 2 aliphatic rings. The van der Waals surface area contributed by atoms with Gasteiger partial charge in [0.25, 0.3) is 11.8 Å². The van der Waals surface area contributed by atoms with Crippen molar-refractivity contribution in [2.45, 2.75) is 0 Å². The Morgan fingerprint density at radius 1 is 0.833 bits per heavy atom. The van der Waals surface area contributed by atoms with E-state index in [1.165, 1.54) is 12.4 Å². The van der Waals surface area contributed by atoms with Crippen molar-refractivity contribution in [2.24, 2.45) is 0 Å². The van der Waals surface area contributed by atoms with E-state index in [0.29, 0.717) is 11.1 Å². The standard InChI is InChI=1S/C8H6N2O2/c11-7-5(1-3-9-7)6-2-4-10-8(6)12/h1-4H,(H,9,11)(H,10,12). The van der Waals surface area contributed by atoms with Crippen LogP contribution >= 0.6 is 0 Å². The predicted octanol–water partition coefficient (Wildman–Crippen LogP) is -0.430. The van der Waals surface area contributed by atoms with Gasteiger partial charge < -0.3 is 10.6 Å². The fourth-order valence-electron chi connectivity index (χ4n) is 1.13. The summed E-state index contributed by atoms with van der Waals surface area (Å²) < 4.78 is 0. The van der Waals surface area contributed by atoms with Gasteiger partial charge in [-0.2, -0.15) is 0 Å². The summed E-state index contributed by atoms with van der Waals surface area (Å²) in [6, 6.07) is 0. The molecule has 0 aromatic heterocycles. The van der Waals surface area contributed by atoms with Crippen LogP contribution in [0.5, 0.6) is 0 Å². The topological polar surface area (TPSA) is 58.2 Å². The minimum absolute atomic E-state index is 0.230. The molecule has 0 aromatic carbocycles. The first-order valence-corrected chi connectivity index (χ1v) is 3.48. The molecule has 2 heterocycles. The Labute approximate surface area is 68.6 Å². The first-order valence-electron chi connectivity index (χ1n) is 3.48. The number of rotatable bonds is 0. The first kappa shape index (κ1) is 6.84. The van der Waals surface area contributed by atoms with Gasteiger partial charge in [-0.25, -0.2) is 0 Å². The molecule has 0 aliphatic carbocycles. The molecule has 2 amide bonds. The summed E-state index contributed by atoms with van der Waals surface area (Å²) >= 11 is 0. The van der Waals surface area contributed by atoms with E-state index < -0.39 is 0 Å². The molecule has 0 saturated carbocycles. The largest absolute Gasteiger partial charge is 0.329 e. The lowest BCUT2D eigenvalue weighted by atomic mass is 10.1.